The third-order valence-electron chi connectivity index (χ3n) is 3.88. The van der Waals surface area contributed by atoms with Crippen LogP contribution < -0.4 is 10.6 Å². The number of aliphatic imine (C=N–C) groups is 1. The number of hydrogen-bond acceptors (Lipinski definition) is 3. The zero-order valence-corrected chi connectivity index (χ0v) is 14.2. The molecule has 0 aliphatic carbocycles. The van der Waals surface area contributed by atoms with Crippen molar-refractivity contribution in [2.24, 2.45) is 22.6 Å². The zero-order chi connectivity index (χ0) is 15.6. The van der Waals surface area contributed by atoms with E-state index >= 15 is 0 Å². The number of nitrogens with two attached hydrogens (primary N) is 1. The molecule has 1 heterocycles. The minimum atomic E-state index is -0.0307. The maximum absolute atomic E-state index is 6.22. The van der Waals surface area contributed by atoms with Crippen LogP contribution in [0, 0.1) is 11.8 Å². The molecular weight excluding hydrogens is 282 g/mol. The van der Waals surface area contributed by atoms with E-state index in [-0.39, 0.29) is 5.54 Å². The van der Waals surface area contributed by atoms with Gasteiger partial charge in [-0.15, -0.1) is 0 Å². The number of benzene rings is 1. The summed E-state index contributed by atoms with van der Waals surface area (Å²) < 4.78 is 0. The second-order valence-corrected chi connectivity index (χ2v) is 7.35. The van der Waals surface area contributed by atoms with Gasteiger partial charge >= 0.3 is 0 Å². The molecule has 1 aromatic rings. The molecule has 2 rings (SSSR count). The first kappa shape index (κ1) is 16.2. The van der Waals surface area contributed by atoms with Crippen molar-refractivity contribution < 1.29 is 0 Å². The van der Waals surface area contributed by atoms with E-state index in [0.29, 0.717) is 17.8 Å². The van der Waals surface area contributed by atoms with Crippen molar-refractivity contribution in [2.75, 3.05) is 11.4 Å². The van der Waals surface area contributed by atoms with Gasteiger partial charge in [0.2, 0.25) is 0 Å². The average molecular weight is 308 g/mol. The van der Waals surface area contributed by atoms with Crippen molar-refractivity contribution in [3.63, 3.8) is 0 Å². The highest BCUT2D eigenvalue weighted by Crippen LogP contribution is 2.38. The van der Waals surface area contributed by atoms with Crippen molar-refractivity contribution in [2.45, 2.75) is 46.1 Å². The molecule has 0 amide bonds. The van der Waals surface area contributed by atoms with E-state index in [4.69, 9.17) is 17.3 Å². The Morgan fingerprint density at radius 1 is 1.24 bits per heavy atom. The van der Waals surface area contributed by atoms with Gasteiger partial charge in [0.05, 0.1) is 12.1 Å². The summed E-state index contributed by atoms with van der Waals surface area (Å²) in [4.78, 5) is 6.77. The molecule has 0 saturated heterocycles. The molecule has 2 N–H and O–H groups in total. The molecule has 0 saturated carbocycles. The van der Waals surface area contributed by atoms with Gasteiger partial charge in [0.1, 0.15) is 0 Å². The summed E-state index contributed by atoms with van der Waals surface area (Å²) in [7, 11) is 0. The third-order valence-corrected chi connectivity index (χ3v) is 4.12. The van der Waals surface area contributed by atoms with E-state index in [1.807, 2.05) is 18.2 Å². The van der Waals surface area contributed by atoms with Gasteiger partial charge in [-0.1, -0.05) is 45.4 Å². The maximum atomic E-state index is 6.22. The predicted octanol–water partition coefficient (Wildman–Crippen LogP) is 4.31. The van der Waals surface area contributed by atoms with Crippen LogP contribution in [0.2, 0.25) is 5.02 Å². The van der Waals surface area contributed by atoms with Gasteiger partial charge in [0.25, 0.3) is 0 Å². The Morgan fingerprint density at radius 2 is 1.86 bits per heavy atom. The van der Waals surface area contributed by atoms with Crippen molar-refractivity contribution in [1.82, 2.24) is 0 Å². The lowest BCUT2D eigenvalue weighted by molar-refractivity contribution is 0.304. The molecule has 1 aromatic carbocycles. The molecule has 0 aromatic heterocycles. The lowest BCUT2D eigenvalue weighted by Crippen LogP contribution is -2.53. The molecular formula is C17H26ClN3. The fraction of sp³-hybridized carbons (Fsp3) is 0.588. The van der Waals surface area contributed by atoms with Gasteiger partial charge < -0.3 is 10.6 Å². The highest BCUT2D eigenvalue weighted by molar-refractivity contribution is 6.31. The summed E-state index contributed by atoms with van der Waals surface area (Å²) in [6, 6.07) is 7.90. The molecule has 0 spiro atoms. The summed E-state index contributed by atoms with van der Waals surface area (Å²) in [5.41, 5.74) is 7.23. The van der Waals surface area contributed by atoms with Crippen LogP contribution >= 0.6 is 11.6 Å². The second kappa shape index (κ2) is 6.27. The summed E-state index contributed by atoms with van der Waals surface area (Å²) in [5.74, 6) is 1.79. The van der Waals surface area contributed by atoms with Crippen LogP contribution in [0.5, 0.6) is 0 Å². The third kappa shape index (κ3) is 3.52. The number of anilines is 1. The fourth-order valence-corrected chi connectivity index (χ4v) is 3.73. The first-order chi connectivity index (χ1) is 9.84. The van der Waals surface area contributed by atoms with Gasteiger partial charge in [0, 0.05) is 10.7 Å². The fourth-order valence-electron chi connectivity index (χ4n) is 3.55. The molecule has 4 heteroatoms. The van der Waals surface area contributed by atoms with E-state index < -0.39 is 0 Å². The summed E-state index contributed by atoms with van der Waals surface area (Å²) in [6.07, 6.45) is 2.14. The molecule has 0 fully saturated rings. The topological polar surface area (TPSA) is 41.6 Å². The molecule has 1 aliphatic rings. The van der Waals surface area contributed by atoms with Crippen LogP contribution in [-0.2, 0) is 0 Å². The minimum Gasteiger partial charge on any atom is -0.369 e. The van der Waals surface area contributed by atoms with Gasteiger partial charge in [-0.3, -0.25) is 4.99 Å². The zero-order valence-electron chi connectivity index (χ0n) is 13.4. The Hall–Kier alpha value is -1.22. The Kier molecular flexibility index (Phi) is 4.82. The van der Waals surface area contributed by atoms with Crippen LogP contribution in [0.15, 0.2) is 29.3 Å². The minimum absolute atomic E-state index is 0.0307. The largest absolute Gasteiger partial charge is 0.369 e. The standard InChI is InChI=1S/C17H26ClN3/c1-12(2)9-17(10-13(3)4)11-20-16(19)21(17)15-7-5-6-14(18)8-15/h5-8,12-13H,9-11H2,1-4H3,(H2,19,20). The Labute approximate surface area is 133 Å². The normalized spacial score (nSPS) is 17.7. The molecule has 0 bridgehead atoms. The number of halogens is 1. The summed E-state index contributed by atoms with van der Waals surface area (Å²) >= 11 is 6.17. The molecule has 0 atom stereocenters. The van der Waals surface area contributed by atoms with Gasteiger partial charge in [-0.25, -0.2) is 0 Å². The molecule has 0 radical (unpaired) electrons. The van der Waals surface area contributed by atoms with Gasteiger partial charge in [-0.2, -0.15) is 0 Å². The van der Waals surface area contributed by atoms with Crippen LogP contribution in [0.4, 0.5) is 5.69 Å². The number of nitrogens with zero attached hydrogens (tertiary/aromatic N) is 2. The van der Waals surface area contributed by atoms with Gasteiger partial charge in [0.15, 0.2) is 5.96 Å². The second-order valence-electron chi connectivity index (χ2n) is 6.91. The average Bonchev–Trinajstić information content (AvgIpc) is 2.64. The van der Waals surface area contributed by atoms with E-state index in [1.165, 1.54) is 0 Å². The number of rotatable bonds is 5. The summed E-state index contributed by atoms with van der Waals surface area (Å²) in [5, 5.41) is 0.732. The first-order valence-electron chi connectivity index (χ1n) is 7.70. The van der Waals surface area contributed by atoms with Crippen molar-refractivity contribution in [3.8, 4) is 0 Å². The Balaban J connectivity index is 2.43. The Morgan fingerprint density at radius 3 is 2.38 bits per heavy atom. The van der Waals surface area contributed by atoms with E-state index in [1.54, 1.807) is 0 Å². The predicted molar refractivity (Wildman–Crippen MR) is 92.1 cm³/mol. The number of guanidine groups is 1. The highest BCUT2D eigenvalue weighted by Gasteiger charge is 2.43. The van der Waals surface area contributed by atoms with Crippen LogP contribution in [0.1, 0.15) is 40.5 Å². The molecule has 21 heavy (non-hydrogen) atoms. The number of hydrogen-bond donors (Lipinski definition) is 1. The maximum Gasteiger partial charge on any atom is 0.196 e. The molecule has 1 aliphatic heterocycles. The van der Waals surface area contributed by atoms with Crippen LogP contribution in [-0.4, -0.2) is 18.0 Å². The smallest absolute Gasteiger partial charge is 0.196 e. The molecule has 3 nitrogen and oxygen atoms in total. The van der Waals surface area contributed by atoms with Crippen LogP contribution in [0.25, 0.3) is 0 Å². The van der Waals surface area contributed by atoms with Crippen molar-refractivity contribution in [3.05, 3.63) is 29.3 Å². The highest BCUT2D eigenvalue weighted by atomic mass is 35.5. The quantitative estimate of drug-likeness (QED) is 0.881. The van der Waals surface area contributed by atoms with Crippen LogP contribution in [0.3, 0.4) is 0 Å². The van der Waals surface area contributed by atoms with E-state index in [9.17, 15) is 0 Å². The van der Waals surface area contributed by atoms with E-state index in [0.717, 1.165) is 30.1 Å². The first-order valence-corrected chi connectivity index (χ1v) is 8.07. The SMILES string of the molecule is CC(C)CC1(CC(C)C)CN=C(N)N1c1cccc(Cl)c1. The lowest BCUT2D eigenvalue weighted by Gasteiger charge is -2.42. The van der Waals surface area contributed by atoms with Crippen molar-refractivity contribution in [1.29, 1.82) is 0 Å². The summed E-state index contributed by atoms with van der Waals surface area (Å²) in [6.45, 7) is 9.79. The molecule has 0 unspecified atom stereocenters. The lowest BCUT2D eigenvalue weighted by atomic mass is 9.81. The monoisotopic (exact) mass is 307 g/mol. The van der Waals surface area contributed by atoms with Crippen molar-refractivity contribution >= 4 is 23.2 Å². The molecule has 116 valence electrons. The Bertz CT molecular complexity index is 513. The van der Waals surface area contributed by atoms with Gasteiger partial charge in [-0.05, 0) is 42.9 Å². The van der Waals surface area contributed by atoms with E-state index in [2.05, 4.69) is 43.7 Å².